The van der Waals surface area contributed by atoms with Gasteiger partial charge in [0, 0.05) is 11.6 Å². The molecule has 0 fully saturated rings. The van der Waals surface area contributed by atoms with Crippen LogP contribution in [0.5, 0.6) is 0 Å². The Morgan fingerprint density at radius 2 is 1.33 bits per heavy atom. The van der Waals surface area contributed by atoms with Crippen LogP contribution in [-0.2, 0) is 11.0 Å². The number of aliphatic hydroxyl groups excluding tert-OH is 1. The number of hydrogen-bond acceptors (Lipinski definition) is 2. The maximum absolute atomic E-state index is 13.5. The summed E-state index contributed by atoms with van der Waals surface area (Å²) >= 11 is 10.6. The molecule has 1 aromatic carbocycles. The molecule has 0 heterocycles. The van der Waals surface area contributed by atoms with Crippen LogP contribution < -0.4 is 0 Å². The van der Waals surface area contributed by atoms with Gasteiger partial charge in [-0.1, -0.05) is 23.2 Å². The summed E-state index contributed by atoms with van der Waals surface area (Å²) in [5.74, 6) is -5.14. The summed E-state index contributed by atoms with van der Waals surface area (Å²) in [6.45, 7) is 0. The zero-order valence-corrected chi connectivity index (χ0v) is 13.6. The number of alkyl halides is 10. The van der Waals surface area contributed by atoms with Crippen LogP contribution in [0.1, 0.15) is 11.1 Å². The monoisotopic (exact) mass is 452 g/mol. The molecule has 0 amide bonds. The Hall–Kier alpha value is -1.69. The zero-order chi connectivity index (χ0) is 21.6. The summed E-state index contributed by atoms with van der Waals surface area (Å²) in [5, 5.41) is 7.48. The Bertz CT molecular complexity index is 763. The first-order valence-electron chi connectivity index (χ1n) is 6.18. The van der Waals surface area contributed by atoms with E-state index in [0.717, 1.165) is 0 Å². The van der Waals surface area contributed by atoms with Crippen molar-refractivity contribution in [1.82, 2.24) is 0 Å². The predicted octanol–water partition coefficient (Wildman–Crippen LogP) is 6.31. The van der Waals surface area contributed by atoms with Gasteiger partial charge < -0.3 is 5.11 Å². The second-order valence-electron chi connectivity index (χ2n) is 4.87. The quantitative estimate of drug-likeness (QED) is 0.331. The second-order valence-corrected chi connectivity index (χ2v) is 5.65. The van der Waals surface area contributed by atoms with Crippen LogP contribution in [0.25, 0.3) is 5.76 Å². The first kappa shape index (κ1) is 23.3. The number of allylic oxidation sites excluding steroid dienone is 1. The second kappa shape index (κ2) is 7.04. The molecule has 0 spiro atoms. The molecule has 0 bridgehead atoms. The summed E-state index contributed by atoms with van der Waals surface area (Å²) in [5.41, 5.74) is -9.23. The van der Waals surface area contributed by atoms with E-state index in [1.807, 2.05) is 0 Å². The molecule has 2 nitrogen and oxygen atoms in total. The maximum Gasteiger partial charge on any atom is 0.439 e. The fourth-order valence-electron chi connectivity index (χ4n) is 1.69. The molecule has 1 rings (SSSR count). The molecule has 0 aliphatic heterocycles. The summed E-state index contributed by atoms with van der Waals surface area (Å²) < 4.78 is 126. The van der Waals surface area contributed by atoms with Crippen molar-refractivity contribution in [1.29, 1.82) is 0 Å². The average molecular weight is 453 g/mol. The average Bonchev–Trinajstić information content (AvgIpc) is 2.45. The van der Waals surface area contributed by atoms with Gasteiger partial charge in [-0.3, -0.25) is 4.79 Å². The lowest BCUT2D eigenvalue weighted by Gasteiger charge is -2.27. The first-order chi connectivity index (χ1) is 11.8. The van der Waals surface area contributed by atoms with E-state index in [-0.39, 0.29) is 6.07 Å². The topological polar surface area (TPSA) is 37.3 Å². The first-order valence-corrected chi connectivity index (χ1v) is 6.93. The molecule has 14 heteroatoms. The van der Waals surface area contributed by atoms with E-state index in [9.17, 15) is 53.8 Å². The molecule has 0 saturated heterocycles. The van der Waals surface area contributed by atoms with Crippen LogP contribution >= 0.6 is 23.2 Å². The van der Waals surface area contributed by atoms with Crippen molar-refractivity contribution >= 4 is 34.7 Å². The Kier molecular flexibility index (Phi) is 6.09. The largest absolute Gasteiger partial charge is 0.507 e. The number of rotatable bonds is 3. The van der Waals surface area contributed by atoms with Gasteiger partial charge in [-0.05, 0) is 12.1 Å². The van der Waals surface area contributed by atoms with Gasteiger partial charge in [0.05, 0.1) is 15.6 Å². The molecule has 0 aliphatic rings. The summed E-state index contributed by atoms with van der Waals surface area (Å²) in [7, 11) is 0. The molecule has 0 atom stereocenters. The summed E-state index contributed by atoms with van der Waals surface area (Å²) in [4.78, 5) is 11.2. The highest BCUT2D eigenvalue weighted by Crippen LogP contribution is 2.47. The molecule has 0 aliphatic carbocycles. The number of ketones is 1. The third-order valence-electron chi connectivity index (χ3n) is 3.02. The lowest BCUT2D eigenvalue weighted by molar-refractivity contribution is -0.323. The zero-order valence-electron chi connectivity index (χ0n) is 12.1. The molecular weight excluding hydrogens is 449 g/mol. The Labute approximate surface area is 153 Å². The van der Waals surface area contributed by atoms with E-state index < -0.39 is 63.0 Å². The van der Waals surface area contributed by atoms with Gasteiger partial charge >= 0.3 is 24.2 Å². The van der Waals surface area contributed by atoms with E-state index >= 15 is 0 Å². The normalized spacial score (nSPS) is 14.4. The minimum atomic E-state index is -6.76. The molecule has 0 aromatic heterocycles. The summed E-state index contributed by atoms with van der Waals surface area (Å²) in [6.07, 6.45) is -19.5. The minimum Gasteiger partial charge on any atom is -0.507 e. The van der Waals surface area contributed by atoms with Crippen molar-refractivity contribution in [2.75, 3.05) is 0 Å². The van der Waals surface area contributed by atoms with Gasteiger partial charge in [0.1, 0.15) is 5.76 Å². The van der Waals surface area contributed by atoms with Crippen molar-refractivity contribution < 1.29 is 53.8 Å². The molecule has 152 valence electrons. The SMILES string of the molecule is O=C(/C=C(\O)c1cc(Cl)c(Cl)c(C(F)(F)F)c1)C(F)(C(F)(F)F)C(F)(F)F. The van der Waals surface area contributed by atoms with E-state index in [1.165, 1.54) is 0 Å². The molecule has 0 saturated carbocycles. The highest BCUT2D eigenvalue weighted by molar-refractivity contribution is 6.42. The van der Waals surface area contributed by atoms with Crippen molar-refractivity contribution in [3.63, 3.8) is 0 Å². The van der Waals surface area contributed by atoms with E-state index in [2.05, 4.69) is 0 Å². The van der Waals surface area contributed by atoms with Crippen molar-refractivity contribution in [3.05, 3.63) is 39.4 Å². The van der Waals surface area contributed by atoms with Crippen molar-refractivity contribution in [3.8, 4) is 0 Å². The van der Waals surface area contributed by atoms with Crippen LogP contribution in [0.4, 0.5) is 43.9 Å². The molecule has 27 heavy (non-hydrogen) atoms. The van der Waals surface area contributed by atoms with Crippen LogP contribution in [0.2, 0.25) is 10.0 Å². The van der Waals surface area contributed by atoms with E-state index in [4.69, 9.17) is 23.2 Å². The molecule has 0 unspecified atom stereocenters. The minimum absolute atomic E-state index is 0.00554. The number of carbonyl (C=O) groups excluding carboxylic acids is 1. The third-order valence-corrected chi connectivity index (χ3v) is 3.82. The Morgan fingerprint density at radius 1 is 0.889 bits per heavy atom. The van der Waals surface area contributed by atoms with E-state index in [1.54, 1.807) is 0 Å². The number of carbonyl (C=O) groups is 1. The highest BCUT2D eigenvalue weighted by atomic mass is 35.5. The van der Waals surface area contributed by atoms with Crippen LogP contribution in [0, 0.1) is 0 Å². The number of hydrogen-bond donors (Lipinski definition) is 1. The van der Waals surface area contributed by atoms with Gasteiger partial charge in [0.25, 0.3) is 0 Å². The van der Waals surface area contributed by atoms with Gasteiger partial charge in [-0.2, -0.15) is 39.5 Å². The van der Waals surface area contributed by atoms with Gasteiger partial charge in [-0.15, -0.1) is 0 Å². The number of halogens is 12. The standard InChI is InChI=1S/C13H4Cl2F10O2/c14-6-2-4(1-5(9(6)15)11(17,18)19)7(26)3-8(27)10(16,12(20,21)22)13(23,24)25/h1-3,26H/b7-3-. The lowest BCUT2D eigenvalue weighted by atomic mass is 9.97. The lowest BCUT2D eigenvalue weighted by Crippen LogP contribution is -2.58. The van der Waals surface area contributed by atoms with Crippen molar-refractivity contribution in [2.24, 2.45) is 0 Å². The fourth-order valence-corrected chi connectivity index (χ4v) is 2.13. The van der Waals surface area contributed by atoms with Gasteiger partial charge in [0.15, 0.2) is 0 Å². The smallest absolute Gasteiger partial charge is 0.439 e. The van der Waals surface area contributed by atoms with Crippen molar-refractivity contribution in [2.45, 2.75) is 24.2 Å². The van der Waals surface area contributed by atoms with Crippen LogP contribution in [0.15, 0.2) is 18.2 Å². The Balaban J connectivity index is 3.53. The maximum atomic E-state index is 13.5. The van der Waals surface area contributed by atoms with E-state index in [0.29, 0.717) is 6.07 Å². The fraction of sp³-hybridized carbons (Fsp3) is 0.308. The Morgan fingerprint density at radius 3 is 1.70 bits per heavy atom. The van der Waals surface area contributed by atoms with Gasteiger partial charge in [0.2, 0.25) is 5.78 Å². The summed E-state index contributed by atoms with van der Waals surface area (Å²) in [6, 6.07) is 0.410. The van der Waals surface area contributed by atoms with Crippen LogP contribution in [0.3, 0.4) is 0 Å². The van der Waals surface area contributed by atoms with Crippen LogP contribution in [-0.4, -0.2) is 28.9 Å². The highest BCUT2D eigenvalue weighted by Gasteiger charge is 2.76. The molecular formula is C13H4Cl2F10O2. The predicted molar refractivity (Wildman–Crippen MR) is 73.0 cm³/mol. The number of aliphatic hydroxyl groups is 1. The molecule has 1 N–H and O–H groups in total. The third kappa shape index (κ3) is 4.42. The molecule has 1 aromatic rings. The number of benzene rings is 1. The molecule has 0 radical (unpaired) electrons. The van der Waals surface area contributed by atoms with Gasteiger partial charge in [-0.25, -0.2) is 4.39 Å².